The van der Waals surface area contributed by atoms with Gasteiger partial charge in [0.2, 0.25) is 0 Å². The van der Waals surface area contributed by atoms with E-state index in [4.69, 9.17) is 0 Å². The Morgan fingerprint density at radius 2 is 2.10 bits per heavy atom. The van der Waals surface area contributed by atoms with E-state index in [1.165, 1.54) is 11.5 Å². The van der Waals surface area contributed by atoms with E-state index in [2.05, 4.69) is 6.82 Å². The molecule has 0 heterocycles. The van der Waals surface area contributed by atoms with Crippen LogP contribution >= 0.6 is 0 Å². The van der Waals surface area contributed by atoms with Crippen LogP contribution in [0.1, 0.15) is 5.56 Å². The zero-order chi connectivity index (χ0) is 7.56. The summed E-state index contributed by atoms with van der Waals surface area (Å²) in [4.78, 5) is 0. The third kappa shape index (κ3) is 1.20. The van der Waals surface area contributed by atoms with Crippen LogP contribution in [-0.4, -0.2) is 7.28 Å². The molecule has 0 aromatic heterocycles. The zero-order valence-corrected chi connectivity index (χ0v) is 6.61. The van der Waals surface area contributed by atoms with Crippen molar-refractivity contribution in [2.24, 2.45) is 0 Å². The predicted molar refractivity (Wildman–Crippen MR) is 45.2 cm³/mol. The van der Waals surface area contributed by atoms with Gasteiger partial charge < -0.3 is 0 Å². The third-order valence-corrected chi connectivity index (χ3v) is 2.08. The molecular formula is C8H11BF-. The summed E-state index contributed by atoms with van der Waals surface area (Å²) in [6.07, 6.45) is 0. The van der Waals surface area contributed by atoms with Gasteiger partial charge in [0.05, 0.1) is 0 Å². The fraction of sp³-hybridized carbons (Fsp3) is 0.250. The topological polar surface area (TPSA) is 0 Å². The monoisotopic (exact) mass is 137 g/mol. The van der Waals surface area contributed by atoms with Crippen LogP contribution in [0.25, 0.3) is 0 Å². The highest BCUT2D eigenvalue weighted by molar-refractivity contribution is 6.52. The molecule has 0 saturated carbocycles. The SMILES string of the molecule is C[BH2-]c1cccc(F)c1C. The second-order valence-electron chi connectivity index (χ2n) is 2.68. The van der Waals surface area contributed by atoms with E-state index < -0.39 is 0 Å². The molecule has 0 amide bonds. The molecule has 0 aliphatic heterocycles. The van der Waals surface area contributed by atoms with Crippen molar-refractivity contribution in [1.29, 1.82) is 0 Å². The van der Waals surface area contributed by atoms with Gasteiger partial charge in [-0.3, -0.25) is 0 Å². The van der Waals surface area contributed by atoms with Gasteiger partial charge in [-0.1, -0.05) is 17.7 Å². The van der Waals surface area contributed by atoms with Gasteiger partial charge in [0, 0.05) is 0 Å². The van der Waals surface area contributed by atoms with Crippen LogP contribution in [0.2, 0.25) is 6.82 Å². The maximum atomic E-state index is 12.8. The summed E-state index contributed by atoms with van der Waals surface area (Å²) in [5.74, 6) is -0.0666. The molecule has 0 aliphatic rings. The molecule has 0 nitrogen and oxygen atoms in total. The van der Waals surface area contributed by atoms with Crippen molar-refractivity contribution in [3.05, 3.63) is 29.6 Å². The average molecular weight is 137 g/mol. The highest BCUT2D eigenvalue weighted by Crippen LogP contribution is 2.00. The van der Waals surface area contributed by atoms with E-state index in [0.29, 0.717) is 0 Å². The first-order chi connectivity index (χ1) is 4.75. The summed E-state index contributed by atoms with van der Waals surface area (Å²) >= 11 is 0. The molecule has 1 aromatic rings. The normalized spacial score (nSPS) is 9.90. The quantitative estimate of drug-likeness (QED) is 0.506. The first-order valence-corrected chi connectivity index (χ1v) is 3.93. The lowest BCUT2D eigenvalue weighted by Gasteiger charge is -2.06. The Labute approximate surface area is 61.3 Å². The Bertz CT molecular complexity index is 233. The van der Waals surface area contributed by atoms with Crippen molar-refractivity contribution in [3.63, 3.8) is 0 Å². The Morgan fingerprint density at radius 3 is 2.60 bits per heavy atom. The maximum Gasteiger partial charge on any atom is 0.122 e. The van der Waals surface area contributed by atoms with Gasteiger partial charge in [0.25, 0.3) is 0 Å². The lowest BCUT2D eigenvalue weighted by atomic mass is 9.71. The van der Waals surface area contributed by atoms with E-state index in [9.17, 15) is 4.39 Å². The van der Waals surface area contributed by atoms with Crippen molar-refractivity contribution in [1.82, 2.24) is 0 Å². The van der Waals surface area contributed by atoms with E-state index in [1.807, 2.05) is 13.0 Å². The summed E-state index contributed by atoms with van der Waals surface area (Å²) in [6.45, 7) is 4.00. The molecule has 0 N–H and O–H groups in total. The molecule has 0 atom stereocenters. The smallest absolute Gasteiger partial charge is 0.122 e. The molecule has 54 valence electrons. The van der Waals surface area contributed by atoms with Crippen molar-refractivity contribution >= 4 is 12.7 Å². The molecule has 0 saturated heterocycles. The molecule has 0 spiro atoms. The molecule has 1 aromatic carbocycles. The lowest BCUT2D eigenvalue weighted by Crippen LogP contribution is -2.15. The lowest BCUT2D eigenvalue weighted by molar-refractivity contribution is 0.620. The van der Waals surface area contributed by atoms with Crippen molar-refractivity contribution < 1.29 is 4.39 Å². The summed E-state index contributed by atoms with van der Waals surface area (Å²) in [5, 5.41) is 0. The molecule has 10 heavy (non-hydrogen) atoms. The Hall–Kier alpha value is -0.785. The fourth-order valence-electron chi connectivity index (χ4n) is 1.26. The number of hydrogen-bond acceptors (Lipinski definition) is 0. The second-order valence-corrected chi connectivity index (χ2v) is 2.68. The van der Waals surface area contributed by atoms with Crippen LogP contribution in [0.3, 0.4) is 0 Å². The summed E-state index contributed by atoms with van der Waals surface area (Å²) in [6, 6.07) is 5.31. The minimum atomic E-state index is -0.0885. The van der Waals surface area contributed by atoms with Gasteiger partial charge in [-0.25, -0.2) is 9.85 Å². The van der Waals surface area contributed by atoms with Crippen LogP contribution in [-0.2, 0) is 0 Å². The van der Waals surface area contributed by atoms with Crippen LogP contribution in [0.15, 0.2) is 18.2 Å². The summed E-state index contributed by atoms with van der Waals surface area (Å²) in [7, 11) is -0.0885. The Morgan fingerprint density at radius 1 is 1.40 bits per heavy atom. The third-order valence-electron chi connectivity index (χ3n) is 2.08. The van der Waals surface area contributed by atoms with Gasteiger partial charge in [0.1, 0.15) is 5.82 Å². The molecule has 0 radical (unpaired) electrons. The van der Waals surface area contributed by atoms with Crippen LogP contribution in [0.4, 0.5) is 4.39 Å². The number of halogens is 1. The van der Waals surface area contributed by atoms with E-state index in [-0.39, 0.29) is 13.1 Å². The Balaban J connectivity index is 3.14. The predicted octanol–water partition coefficient (Wildman–Crippen LogP) is 0.976. The van der Waals surface area contributed by atoms with Crippen molar-refractivity contribution in [3.8, 4) is 0 Å². The first kappa shape index (κ1) is 7.32. The van der Waals surface area contributed by atoms with Gasteiger partial charge in [0.15, 0.2) is 0 Å². The van der Waals surface area contributed by atoms with Gasteiger partial charge >= 0.3 is 0 Å². The highest BCUT2D eigenvalue weighted by Gasteiger charge is 1.94. The fourth-order valence-corrected chi connectivity index (χ4v) is 1.26. The van der Waals surface area contributed by atoms with Crippen molar-refractivity contribution in [2.75, 3.05) is 0 Å². The van der Waals surface area contributed by atoms with Gasteiger partial charge in [-0.2, -0.15) is 6.82 Å². The molecule has 1 rings (SSSR count). The standard InChI is InChI=1S/C8H11BF/c1-6-7(9-2)4-3-5-8(6)10/h3-5H,9H2,1-2H3/q-1. The molecule has 0 bridgehead atoms. The Kier molecular flexibility index (Phi) is 2.10. The van der Waals surface area contributed by atoms with Crippen LogP contribution in [0, 0.1) is 12.7 Å². The molecule has 0 unspecified atom stereocenters. The van der Waals surface area contributed by atoms with Crippen LogP contribution < -0.4 is 5.46 Å². The number of benzene rings is 1. The highest BCUT2D eigenvalue weighted by atomic mass is 19.1. The summed E-state index contributed by atoms with van der Waals surface area (Å²) < 4.78 is 12.8. The van der Waals surface area contributed by atoms with Gasteiger partial charge in [-0.05, 0) is 20.3 Å². The largest absolute Gasteiger partial charge is 0.212 e. The van der Waals surface area contributed by atoms with E-state index in [0.717, 1.165) is 5.56 Å². The minimum Gasteiger partial charge on any atom is -0.212 e. The zero-order valence-electron chi connectivity index (χ0n) is 6.61. The second kappa shape index (κ2) is 2.87. The van der Waals surface area contributed by atoms with E-state index in [1.54, 1.807) is 6.07 Å². The first-order valence-electron chi connectivity index (χ1n) is 3.93. The maximum absolute atomic E-state index is 12.8. The van der Waals surface area contributed by atoms with Crippen molar-refractivity contribution in [2.45, 2.75) is 13.7 Å². The molecule has 2 heteroatoms. The van der Waals surface area contributed by atoms with E-state index >= 15 is 0 Å². The summed E-state index contributed by atoms with van der Waals surface area (Å²) in [5.41, 5.74) is 2.06. The van der Waals surface area contributed by atoms with Gasteiger partial charge in [-0.15, -0.1) is 0 Å². The number of rotatable bonds is 1. The molecular weight excluding hydrogens is 126 g/mol. The average Bonchev–Trinajstić information content (AvgIpc) is 1.95. The van der Waals surface area contributed by atoms with Crippen LogP contribution in [0.5, 0.6) is 0 Å². The molecule has 0 fully saturated rings. The molecule has 0 aliphatic carbocycles. The minimum absolute atomic E-state index is 0.0666. The number of hydrogen-bond donors (Lipinski definition) is 0.